The smallest absolute Gasteiger partial charge is 0.175 e. The summed E-state index contributed by atoms with van der Waals surface area (Å²) in [6.45, 7) is 0. The molecule has 112 valence electrons. The molecule has 2 rings (SSSR count). The highest BCUT2D eigenvalue weighted by Crippen LogP contribution is 2.33. The van der Waals surface area contributed by atoms with E-state index in [1.54, 1.807) is 18.2 Å². The van der Waals surface area contributed by atoms with Crippen molar-refractivity contribution in [1.29, 1.82) is 0 Å². The number of benzene rings is 1. The molecule has 1 aliphatic carbocycles. The summed E-state index contributed by atoms with van der Waals surface area (Å²) >= 11 is 0. The number of hydrazine groups is 1. The van der Waals surface area contributed by atoms with E-state index in [0.717, 1.165) is 18.4 Å². The molecule has 0 heterocycles. The summed E-state index contributed by atoms with van der Waals surface area (Å²) < 4.78 is 23.4. The summed E-state index contributed by atoms with van der Waals surface area (Å²) in [4.78, 5) is 0.365. The third-order valence-corrected chi connectivity index (χ3v) is 5.31. The summed E-state index contributed by atoms with van der Waals surface area (Å²) in [5.41, 5.74) is 3.87. The molecule has 1 fully saturated rings. The molecule has 1 unspecified atom stereocenters. The zero-order valence-electron chi connectivity index (χ0n) is 12.0. The first kappa shape index (κ1) is 15.5. The zero-order chi connectivity index (χ0) is 14.6. The van der Waals surface area contributed by atoms with E-state index in [1.165, 1.54) is 31.9 Å². The van der Waals surface area contributed by atoms with E-state index in [1.807, 2.05) is 6.07 Å². The summed E-state index contributed by atoms with van der Waals surface area (Å²) in [7, 11) is -3.17. The Bertz CT molecular complexity index is 535. The number of nitrogens with two attached hydrogens (primary N) is 1. The lowest BCUT2D eigenvalue weighted by molar-refractivity contribution is 0.328. The maximum absolute atomic E-state index is 11.7. The summed E-state index contributed by atoms with van der Waals surface area (Å²) in [5, 5.41) is 0. The van der Waals surface area contributed by atoms with Crippen LogP contribution in [0.2, 0.25) is 0 Å². The fraction of sp³-hybridized carbons (Fsp3) is 0.600. The van der Waals surface area contributed by atoms with Gasteiger partial charge in [0.15, 0.2) is 9.84 Å². The summed E-state index contributed by atoms with van der Waals surface area (Å²) in [6.07, 6.45) is 8.58. The Labute approximate surface area is 121 Å². The highest BCUT2D eigenvalue weighted by atomic mass is 32.2. The SMILES string of the molecule is CS(=O)(=O)c1cccc(C(NN)C2CCCCCC2)c1. The average Bonchev–Trinajstić information content (AvgIpc) is 2.68. The van der Waals surface area contributed by atoms with Crippen LogP contribution in [-0.4, -0.2) is 14.7 Å². The molecular formula is C15H24N2O2S. The third kappa shape index (κ3) is 3.81. The summed E-state index contributed by atoms with van der Waals surface area (Å²) in [5.74, 6) is 6.23. The van der Waals surface area contributed by atoms with Crippen LogP contribution in [0.4, 0.5) is 0 Å². The molecule has 5 heteroatoms. The molecule has 0 bridgehead atoms. The van der Waals surface area contributed by atoms with Crippen molar-refractivity contribution in [3.63, 3.8) is 0 Å². The largest absolute Gasteiger partial charge is 0.271 e. The first-order valence-corrected chi connectivity index (χ1v) is 9.17. The van der Waals surface area contributed by atoms with Gasteiger partial charge in [0.25, 0.3) is 0 Å². The van der Waals surface area contributed by atoms with Crippen molar-refractivity contribution in [2.75, 3.05) is 6.26 Å². The Hall–Kier alpha value is -0.910. The molecule has 1 saturated carbocycles. The lowest BCUT2D eigenvalue weighted by atomic mass is 9.87. The van der Waals surface area contributed by atoms with E-state index in [-0.39, 0.29) is 6.04 Å². The van der Waals surface area contributed by atoms with Crippen LogP contribution in [0.1, 0.15) is 50.1 Å². The first-order valence-electron chi connectivity index (χ1n) is 7.28. The number of hydrogen-bond acceptors (Lipinski definition) is 4. The van der Waals surface area contributed by atoms with Gasteiger partial charge in [-0.25, -0.2) is 8.42 Å². The van der Waals surface area contributed by atoms with Gasteiger partial charge in [-0.15, -0.1) is 0 Å². The maximum Gasteiger partial charge on any atom is 0.175 e. The highest BCUT2D eigenvalue weighted by molar-refractivity contribution is 7.90. The molecule has 1 aliphatic rings. The molecule has 20 heavy (non-hydrogen) atoms. The van der Waals surface area contributed by atoms with Crippen molar-refractivity contribution in [3.8, 4) is 0 Å². The molecule has 4 nitrogen and oxygen atoms in total. The Morgan fingerprint density at radius 2 is 1.85 bits per heavy atom. The molecule has 1 atom stereocenters. The van der Waals surface area contributed by atoms with Crippen molar-refractivity contribution >= 4 is 9.84 Å². The van der Waals surface area contributed by atoms with Crippen LogP contribution >= 0.6 is 0 Å². The minimum atomic E-state index is -3.17. The van der Waals surface area contributed by atoms with E-state index in [9.17, 15) is 8.42 Å². The number of rotatable bonds is 4. The van der Waals surface area contributed by atoms with E-state index < -0.39 is 9.84 Å². The Morgan fingerprint density at radius 3 is 2.40 bits per heavy atom. The number of hydrogen-bond donors (Lipinski definition) is 2. The standard InChI is InChI=1S/C15H24N2O2S/c1-20(18,19)14-10-6-9-13(11-14)15(17-16)12-7-4-2-3-5-8-12/h6,9-12,15,17H,2-5,7-8,16H2,1H3. The Morgan fingerprint density at radius 1 is 1.20 bits per heavy atom. The molecule has 0 saturated heterocycles. The van der Waals surface area contributed by atoms with Crippen LogP contribution in [0.5, 0.6) is 0 Å². The fourth-order valence-electron chi connectivity index (χ4n) is 3.09. The molecule has 0 radical (unpaired) electrons. The maximum atomic E-state index is 11.7. The van der Waals surface area contributed by atoms with Gasteiger partial charge in [-0.3, -0.25) is 11.3 Å². The summed E-state index contributed by atoms with van der Waals surface area (Å²) in [6, 6.07) is 7.19. The number of sulfone groups is 1. The van der Waals surface area contributed by atoms with Gasteiger partial charge in [-0.05, 0) is 36.5 Å². The molecule has 3 N–H and O–H groups in total. The van der Waals surface area contributed by atoms with Crippen LogP contribution in [0.3, 0.4) is 0 Å². The fourth-order valence-corrected chi connectivity index (χ4v) is 3.76. The van der Waals surface area contributed by atoms with Crippen molar-refractivity contribution in [2.45, 2.75) is 49.5 Å². The highest BCUT2D eigenvalue weighted by Gasteiger charge is 2.24. The monoisotopic (exact) mass is 296 g/mol. The topological polar surface area (TPSA) is 72.2 Å². The van der Waals surface area contributed by atoms with Crippen molar-refractivity contribution in [1.82, 2.24) is 5.43 Å². The molecular weight excluding hydrogens is 272 g/mol. The van der Waals surface area contributed by atoms with Crippen LogP contribution in [0.25, 0.3) is 0 Å². The quantitative estimate of drug-likeness (QED) is 0.509. The van der Waals surface area contributed by atoms with E-state index in [4.69, 9.17) is 5.84 Å². The van der Waals surface area contributed by atoms with Crippen LogP contribution in [0.15, 0.2) is 29.2 Å². The van der Waals surface area contributed by atoms with E-state index >= 15 is 0 Å². The minimum absolute atomic E-state index is 0.0369. The lowest BCUT2D eigenvalue weighted by Crippen LogP contribution is -2.33. The predicted octanol–water partition coefficient (Wildman–Crippen LogP) is 2.56. The molecule has 1 aromatic rings. The van der Waals surface area contributed by atoms with E-state index in [2.05, 4.69) is 5.43 Å². The lowest BCUT2D eigenvalue weighted by Gasteiger charge is -2.26. The van der Waals surface area contributed by atoms with Gasteiger partial charge in [-0.1, -0.05) is 37.8 Å². The van der Waals surface area contributed by atoms with Crippen molar-refractivity contribution in [3.05, 3.63) is 29.8 Å². The average molecular weight is 296 g/mol. The molecule has 0 amide bonds. The van der Waals surface area contributed by atoms with Gasteiger partial charge in [-0.2, -0.15) is 0 Å². The predicted molar refractivity (Wildman–Crippen MR) is 80.8 cm³/mol. The first-order chi connectivity index (χ1) is 9.52. The molecule has 1 aromatic carbocycles. The van der Waals surface area contributed by atoms with Gasteiger partial charge in [0.05, 0.1) is 4.90 Å². The zero-order valence-corrected chi connectivity index (χ0v) is 12.8. The second-order valence-electron chi connectivity index (χ2n) is 5.74. The van der Waals surface area contributed by atoms with Gasteiger partial charge < -0.3 is 0 Å². The molecule has 0 spiro atoms. The Kier molecular flexibility index (Phi) is 5.18. The van der Waals surface area contributed by atoms with E-state index in [0.29, 0.717) is 10.8 Å². The van der Waals surface area contributed by atoms with Crippen molar-refractivity contribution in [2.24, 2.45) is 11.8 Å². The number of nitrogens with one attached hydrogen (secondary N) is 1. The second kappa shape index (κ2) is 6.70. The third-order valence-electron chi connectivity index (χ3n) is 4.20. The normalized spacial score (nSPS) is 19.5. The molecule has 0 aliphatic heterocycles. The van der Waals surface area contributed by atoms with Crippen LogP contribution in [0, 0.1) is 5.92 Å². The Balaban J connectivity index is 2.26. The molecule has 0 aromatic heterocycles. The second-order valence-corrected chi connectivity index (χ2v) is 7.76. The van der Waals surface area contributed by atoms with Crippen LogP contribution < -0.4 is 11.3 Å². The van der Waals surface area contributed by atoms with Crippen molar-refractivity contribution < 1.29 is 8.42 Å². The minimum Gasteiger partial charge on any atom is -0.271 e. The van der Waals surface area contributed by atoms with Gasteiger partial charge >= 0.3 is 0 Å². The van der Waals surface area contributed by atoms with Crippen LogP contribution in [-0.2, 0) is 9.84 Å². The van der Waals surface area contributed by atoms with Gasteiger partial charge in [0.2, 0.25) is 0 Å². The van der Waals surface area contributed by atoms with Gasteiger partial charge in [0.1, 0.15) is 0 Å². The van der Waals surface area contributed by atoms with Gasteiger partial charge in [0, 0.05) is 12.3 Å².